The Labute approximate surface area is 127 Å². The van der Waals surface area contributed by atoms with E-state index >= 15 is 0 Å². The molecular formula is C16H14N2O4. The summed E-state index contributed by atoms with van der Waals surface area (Å²) in [6.45, 7) is -0.0504. The number of nitrogens with one attached hydrogen (secondary N) is 2. The van der Waals surface area contributed by atoms with Crippen molar-refractivity contribution >= 4 is 23.2 Å². The van der Waals surface area contributed by atoms with Crippen molar-refractivity contribution in [3.8, 4) is 11.5 Å². The highest BCUT2D eigenvalue weighted by molar-refractivity contribution is 6.09. The molecule has 2 aromatic carbocycles. The van der Waals surface area contributed by atoms with Gasteiger partial charge in [0, 0.05) is 12.8 Å². The topological polar surface area (TPSA) is 76.7 Å². The zero-order valence-electron chi connectivity index (χ0n) is 11.9. The van der Waals surface area contributed by atoms with Gasteiger partial charge in [0.05, 0.1) is 11.3 Å². The Hall–Kier alpha value is -2.86. The minimum absolute atomic E-state index is 0.0504. The maximum atomic E-state index is 12.3. The second-order valence-electron chi connectivity index (χ2n) is 4.74. The Morgan fingerprint density at radius 3 is 2.86 bits per heavy atom. The lowest BCUT2D eigenvalue weighted by atomic mass is 10.1. The van der Waals surface area contributed by atoms with Crippen LogP contribution >= 0.6 is 0 Å². The van der Waals surface area contributed by atoms with E-state index in [9.17, 15) is 9.59 Å². The number of amides is 2. The van der Waals surface area contributed by atoms with Crippen LogP contribution in [0.25, 0.3) is 0 Å². The molecule has 0 aliphatic carbocycles. The van der Waals surface area contributed by atoms with Gasteiger partial charge in [-0.05, 0) is 30.3 Å². The van der Waals surface area contributed by atoms with Crippen molar-refractivity contribution in [2.24, 2.45) is 0 Å². The number of rotatable bonds is 3. The molecule has 2 amide bonds. The lowest BCUT2D eigenvalue weighted by molar-refractivity contribution is -0.119. The molecule has 2 N–H and O–H groups in total. The molecule has 0 unspecified atom stereocenters. The van der Waals surface area contributed by atoms with E-state index in [1.54, 1.807) is 30.3 Å². The molecule has 22 heavy (non-hydrogen) atoms. The van der Waals surface area contributed by atoms with Crippen LogP contribution in [0.2, 0.25) is 0 Å². The van der Waals surface area contributed by atoms with Crippen LogP contribution < -0.4 is 15.4 Å². The molecule has 6 nitrogen and oxygen atoms in total. The van der Waals surface area contributed by atoms with Crippen molar-refractivity contribution in [3.63, 3.8) is 0 Å². The van der Waals surface area contributed by atoms with Gasteiger partial charge in [-0.1, -0.05) is 12.1 Å². The van der Waals surface area contributed by atoms with Gasteiger partial charge in [0.2, 0.25) is 5.91 Å². The van der Waals surface area contributed by atoms with Crippen molar-refractivity contribution in [2.75, 3.05) is 24.4 Å². The zero-order chi connectivity index (χ0) is 15.5. The van der Waals surface area contributed by atoms with Crippen molar-refractivity contribution in [1.82, 2.24) is 0 Å². The van der Waals surface area contributed by atoms with Crippen molar-refractivity contribution < 1.29 is 19.1 Å². The molecule has 0 atom stereocenters. The third-order valence-corrected chi connectivity index (χ3v) is 3.14. The number of ether oxygens (including phenoxy) is 2. The number of para-hydroxylation sites is 2. The molecular weight excluding hydrogens is 284 g/mol. The van der Waals surface area contributed by atoms with Crippen molar-refractivity contribution in [3.05, 3.63) is 48.0 Å². The summed E-state index contributed by atoms with van der Waals surface area (Å²) >= 11 is 0. The quantitative estimate of drug-likeness (QED) is 0.913. The summed E-state index contributed by atoms with van der Waals surface area (Å²) in [5, 5.41) is 5.44. The van der Waals surface area contributed by atoms with Crippen LogP contribution in [0, 0.1) is 0 Å². The Morgan fingerprint density at radius 1 is 1.23 bits per heavy atom. The van der Waals surface area contributed by atoms with E-state index in [2.05, 4.69) is 10.6 Å². The Balaban J connectivity index is 1.92. The lowest BCUT2D eigenvalue weighted by Crippen LogP contribution is -2.18. The van der Waals surface area contributed by atoms with Crippen molar-refractivity contribution in [1.29, 1.82) is 0 Å². The fourth-order valence-electron chi connectivity index (χ4n) is 2.17. The lowest BCUT2D eigenvalue weighted by Gasteiger charge is -2.09. The number of benzene rings is 2. The van der Waals surface area contributed by atoms with Gasteiger partial charge in [-0.25, -0.2) is 0 Å². The smallest absolute Gasteiger partial charge is 0.259 e. The van der Waals surface area contributed by atoms with E-state index in [1.165, 1.54) is 7.11 Å². The minimum atomic E-state index is -0.291. The van der Waals surface area contributed by atoms with E-state index in [0.29, 0.717) is 28.4 Å². The molecule has 2 aromatic rings. The summed E-state index contributed by atoms with van der Waals surface area (Å²) < 4.78 is 10.5. The van der Waals surface area contributed by atoms with E-state index in [1.807, 2.05) is 12.1 Å². The highest BCUT2D eigenvalue weighted by Gasteiger charge is 2.21. The van der Waals surface area contributed by atoms with Crippen LogP contribution in [0.15, 0.2) is 42.5 Å². The van der Waals surface area contributed by atoms with Crippen LogP contribution in [0.3, 0.4) is 0 Å². The average Bonchev–Trinajstić information content (AvgIpc) is 2.64. The molecule has 0 saturated carbocycles. The van der Waals surface area contributed by atoms with Crippen LogP contribution in [-0.2, 0) is 9.53 Å². The number of hydrogen-bond acceptors (Lipinski definition) is 4. The summed E-state index contributed by atoms with van der Waals surface area (Å²) in [7, 11) is 1.44. The molecule has 0 bridgehead atoms. The van der Waals surface area contributed by atoms with Gasteiger partial charge in [0.1, 0.15) is 12.4 Å². The number of fused-ring (bicyclic) bond motifs is 2. The average molecular weight is 298 g/mol. The molecule has 1 aliphatic heterocycles. The maximum absolute atomic E-state index is 12.3. The second kappa shape index (κ2) is 5.87. The second-order valence-corrected chi connectivity index (χ2v) is 4.74. The van der Waals surface area contributed by atoms with Crippen LogP contribution in [-0.4, -0.2) is 25.5 Å². The van der Waals surface area contributed by atoms with Gasteiger partial charge >= 0.3 is 0 Å². The summed E-state index contributed by atoms with van der Waals surface area (Å²) in [4.78, 5) is 23.8. The van der Waals surface area contributed by atoms with E-state index < -0.39 is 0 Å². The third kappa shape index (κ3) is 2.77. The van der Waals surface area contributed by atoms with Crippen LogP contribution in [0.5, 0.6) is 11.5 Å². The summed E-state index contributed by atoms with van der Waals surface area (Å²) in [5.41, 5.74) is 1.46. The molecule has 1 heterocycles. The van der Waals surface area contributed by atoms with E-state index in [-0.39, 0.29) is 18.4 Å². The molecule has 0 spiro atoms. The fourth-order valence-corrected chi connectivity index (χ4v) is 2.17. The standard InChI is InChI=1S/C16H14N2O4/c1-21-9-15(19)17-10-6-7-13-11(8-10)16(20)18-12-4-2-3-5-14(12)22-13/h2-8H,9H2,1H3,(H,17,19)(H,18,20). The van der Waals surface area contributed by atoms with Crippen LogP contribution in [0.4, 0.5) is 11.4 Å². The first-order valence-electron chi connectivity index (χ1n) is 6.68. The monoisotopic (exact) mass is 298 g/mol. The summed E-state index contributed by atoms with van der Waals surface area (Å²) in [6.07, 6.45) is 0. The Bertz CT molecular complexity index is 743. The Morgan fingerprint density at radius 2 is 2.05 bits per heavy atom. The summed E-state index contributed by atoms with van der Waals surface area (Å²) in [6, 6.07) is 12.1. The summed E-state index contributed by atoms with van der Waals surface area (Å²) in [5.74, 6) is 0.432. The third-order valence-electron chi connectivity index (χ3n) is 3.14. The molecule has 0 aromatic heterocycles. The van der Waals surface area contributed by atoms with Gasteiger partial charge in [0.25, 0.3) is 5.91 Å². The van der Waals surface area contributed by atoms with Crippen molar-refractivity contribution in [2.45, 2.75) is 0 Å². The minimum Gasteiger partial charge on any atom is -0.454 e. The highest BCUT2D eigenvalue weighted by atomic mass is 16.5. The normalized spacial score (nSPS) is 12.3. The number of carbonyl (C=O) groups excluding carboxylic acids is 2. The fraction of sp³-hybridized carbons (Fsp3) is 0.125. The molecule has 0 saturated heterocycles. The van der Waals surface area contributed by atoms with Gasteiger partial charge in [-0.3, -0.25) is 9.59 Å². The maximum Gasteiger partial charge on any atom is 0.259 e. The van der Waals surface area contributed by atoms with Crippen LogP contribution in [0.1, 0.15) is 10.4 Å². The predicted molar refractivity (Wildman–Crippen MR) is 81.4 cm³/mol. The first-order valence-corrected chi connectivity index (χ1v) is 6.68. The van der Waals surface area contributed by atoms with Gasteiger partial charge < -0.3 is 20.1 Å². The van der Waals surface area contributed by atoms with Gasteiger partial charge in [0.15, 0.2) is 5.75 Å². The first-order chi connectivity index (χ1) is 10.7. The molecule has 112 valence electrons. The molecule has 0 radical (unpaired) electrons. The number of anilines is 2. The number of methoxy groups -OCH3 is 1. The number of hydrogen-bond donors (Lipinski definition) is 2. The molecule has 3 rings (SSSR count). The van der Waals surface area contributed by atoms with E-state index in [4.69, 9.17) is 9.47 Å². The SMILES string of the molecule is COCC(=O)Nc1ccc2c(c1)C(=O)Nc1ccccc1O2. The van der Waals surface area contributed by atoms with Gasteiger partial charge in [-0.15, -0.1) is 0 Å². The molecule has 6 heteroatoms. The Kier molecular flexibility index (Phi) is 3.76. The molecule has 0 fully saturated rings. The molecule has 1 aliphatic rings. The highest BCUT2D eigenvalue weighted by Crippen LogP contribution is 2.36. The van der Waals surface area contributed by atoms with E-state index in [0.717, 1.165) is 0 Å². The largest absolute Gasteiger partial charge is 0.454 e. The zero-order valence-corrected chi connectivity index (χ0v) is 11.9. The first kappa shape index (κ1) is 14.1. The van der Waals surface area contributed by atoms with Gasteiger partial charge in [-0.2, -0.15) is 0 Å². The predicted octanol–water partition coefficient (Wildman–Crippen LogP) is 2.63. The number of carbonyl (C=O) groups is 2.